The Kier molecular flexibility index (Phi) is 5.49. The molecule has 124 valence electrons. The van der Waals surface area contributed by atoms with E-state index in [1.54, 1.807) is 0 Å². The molecule has 0 saturated carbocycles. The van der Waals surface area contributed by atoms with Crippen LogP contribution in [0.2, 0.25) is 0 Å². The molecule has 0 spiro atoms. The molecule has 2 aliphatic rings. The molecule has 5 heteroatoms. The number of piperidine rings is 1. The summed E-state index contributed by atoms with van der Waals surface area (Å²) in [7, 11) is 0. The van der Waals surface area contributed by atoms with Gasteiger partial charge in [0.05, 0.1) is 4.88 Å². The summed E-state index contributed by atoms with van der Waals surface area (Å²) >= 11 is 1.44. The van der Waals surface area contributed by atoms with Crippen molar-refractivity contribution in [3.63, 3.8) is 0 Å². The fourth-order valence-electron chi connectivity index (χ4n) is 3.52. The Hall–Kier alpha value is -1.62. The van der Waals surface area contributed by atoms with Gasteiger partial charge >= 0.3 is 0 Å². The highest BCUT2D eigenvalue weighted by atomic mass is 32.1. The number of allylic oxidation sites excluding steroid dienone is 2. The minimum Gasteiger partial charge on any atom is -0.351 e. The quantitative estimate of drug-likeness (QED) is 0.838. The maximum Gasteiger partial charge on any atom is 0.261 e. The van der Waals surface area contributed by atoms with Crippen LogP contribution in [0.5, 0.6) is 0 Å². The molecule has 2 amide bonds. The van der Waals surface area contributed by atoms with Crippen LogP contribution in [0.25, 0.3) is 0 Å². The van der Waals surface area contributed by atoms with Crippen LogP contribution in [-0.4, -0.2) is 29.8 Å². The molecule has 1 N–H and O–H groups in total. The Morgan fingerprint density at radius 2 is 2.17 bits per heavy atom. The molecule has 1 aromatic rings. The van der Waals surface area contributed by atoms with Gasteiger partial charge in [-0.15, -0.1) is 11.3 Å². The van der Waals surface area contributed by atoms with Crippen LogP contribution in [0.1, 0.15) is 54.6 Å². The van der Waals surface area contributed by atoms with Crippen molar-refractivity contribution < 1.29 is 9.59 Å². The normalized spacial score (nSPS) is 20.6. The Labute approximate surface area is 141 Å². The van der Waals surface area contributed by atoms with E-state index in [0.717, 1.165) is 24.3 Å². The van der Waals surface area contributed by atoms with Gasteiger partial charge in [-0.3, -0.25) is 9.59 Å². The second-order valence-corrected chi connectivity index (χ2v) is 7.23. The van der Waals surface area contributed by atoms with E-state index in [2.05, 4.69) is 11.4 Å². The predicted octanol–water partition coefficient (Wildman–Crippen LogP) is 3.56. The average Bonchev–Trinajstić information content (AvgIpc) is 3.12. The summed E-state index contributed by atoms with van der Waals surface area (Å²) in [6.07, 6.45) is 9.40. The summed E-state index contributed by atoms with van der Waals surface area (Å²) in [5.41, 5.74) is 1.27. The lowest BCUT2D eigenvalue weighted by molar-refractivity contribution is -0.130. The highest BCUT2D eigenvalue weighted by molar-refractivity contribution is 7.12. The van der Waals surface area contributed by atoms with Gasteiger partial charge in [0.25, 0.3) is 5.91 Å². The molecule has 0 aromatic carbocycles. The SMILES string of the molecule is O=C(NCCCC(=O)N1CCCC2CCCC=C21)c1cccs1. The Morgan fingerprint density at radius 3 is 3.00 bits per heavy atom. The Balaban J connectivity index is 1.44. The molecule has 0 radical (unpaired) electrons. The lowest BCUT2D eigenvalue weighted by atomic mass is 9.85. The molecule has 0 bridgehead atoms. The molecule has 1 aromatic heterocycles. The summed E-state index contributed by atoms with van der Waals surface area (Å²) in [4.78, 5) is 27.1. The Morgan fingerprint density at radius 1 is 1.30 bits per heavy atom. The standard InChI is InChI=1S/C18H24N2O2S/c21-17(10-3-11-19-18(22)16-9-5-13-23-16)20-12-4-7-14-6-1-2-8-15(14)20/h5,8-9,13-14H,1-4,6-7,10-12H2,(H,19,22). The van der Waals surface area contributed by atoms with Gasteiger partial charge in [-0.05, 0) is 55.9 Å². The van der Waals surface area contributed by atoms with Gasteiger partial charge in [0.15, 0.2) is 0 Å². The highest BCUT2D eigenvalue weighted by Crippen LogP contribution is 2.35. The molecular formula is C18H24N2O2S. The topological polar surface area (TPSA) is 49.4 Å². The molecule has 23 heavy (non-hydrogen) atoms. The van der Waals surface area contributed by atoms with Crippen LogP contribution in [0.4, 0.5) is 0 Å². The second-order valence-electron chi connectivity index (χ2n) is 6.28. The van der Waals surface area contributed by atoms with E-state index in [1.165, 1.54) is 36.3 Å². The molecule has 1 atom stereocenters. The van der Waals surface area contributed by atoms with Crippen LogP contribution in [0, 0.1) is 5.92 Å². The molecule has 1 aliphatic heterocycles. The van der Waals surface area contributed by atoms with Crippen LogP contribution in [-0.2, 0) is 4.79 Å². The fraction of sp³-hybridized carbons (Fsp3) is 0.556. The predicted molar refractivity (Wildman–Crippen MR) is 92.3 cm³/mol. The largest absolute Gasteiger partial charge is 0.351 e. The van der Waals surface area contributed by atoms with Crippen LogP contribution >= 0.6 is 11.3 Å². The molecule has 1 unspecified atom stereocenters. The van der Waals surface area contributed by atoms with Crippen LogP contribution in [0.15, 0.2) is 29.3 Å². The number of carbonyl (C=O) groups is 2. The summed E-state index contributed by atoms with van der Waals surface area (Å²) in [5, 5.41) is 4.78. The third-order valence-corrected chi connectivity index (χ3v) is 5.54. The molecule has 3 rings (SSSR count). The van der Waals surface area contributed by atoms with E-state index < -0.39 is 0 Å². The molecular weight excluding hydrogens is 308 g/mol. The number of nitrogens with zero attached hydrogens (tertiary/aromatic N) is 1. The molecule has 1 aliphatic carbocycles. The minimum absolute atomic E-state index is 0.0412. The molecule has 1 saturated heterocycles. The van der Waals surface area contributed by atoms with Crippen molar-refractivity contribution in [3.05, 3.63) is 34.2 Å². The summed E-state index contributed by atoms with van der Waals surface area (Å²) in [6.45, 7) is 1.42. The molecule has 4 nitrogen and oxygen atoms in total. The second kappa shape index (κ2) is 7.77. The first-order valence-corrected chi connectivity index (χ1v) is 9.46. The molecule has 1 fully saturated rings. The van der Waals surface area contributed by atoms with Crippen molar-refractivity contribution in [2.45, 2.75) is 44.9 Å². The van der Waals surface area contributed by atoms with Crippen molar-refractivity contribution in [3.8, 4) is 0 Å². The lowest BCUT2D eigenvalue weighted by Crippen LogP contribution is -2.39. The van der Waals surface area contributed by atoms with Crippen molar-refractivity contribution >= 4 is 23.2 Å². The van der Waals surface area contributed by atoms with Gasteiger partial charge in [0.1, 0.15) is 0 Å². The third-order valence-electron chi connectivity index (χ3n) is 4.67. The maximum atomic E-state index is 12.5. The first-order valence-electron chi connectivity index (χ1n) is 8.58. The fourth-order valence-corrected chi connectivity index (χ4v) is 4.16. The van der Waals surface area contributed by atoms with E-state index in [-0.39, 0.29) is 11.8 Å². The number of rotatable bonds is 5. The van der Waals surface area contributed by atoms with Crippen LogP contribution < -0.4 is 5.32 Å². The molecule has 2 heterocycles. The van der Waals surface area contributed by atoms with Crippen molar-refractivity contribution in [1.29, 1.82) is 0 Å². The number of thiophene rings is 1. The van der Waals surface area contributed by atoms with Crippen molar-refractivity contribution in [2.75, 3.05) is 13.1 Å². The van der Waals surface area contributed by atoms with E-state index in [9.17, 15) is 9.59 Å². The first kappa shape index (κ1) is 16.2. The minimum atomic E-state index is -0.0412. The Bertz CT molecular complexity index is 580. The zero-order valence-corrected chi connectivity index (χ0v) is 14.2. The third kappa shape index (κ3) is 4.02. The number of amides is 2. The summed E-state index contributed by atoms with van der Waals surface area (Å²) in [6, 6.07) is 3.68. The van der Waals surface area contributed by atoms with E-state index >= 15 is 0 Å². The van der Waals surface area contributed by atoms with Gasteiger partial charge in [-0.2, -0.15) is 0 Å². The monoisotopic (exact) mass is 332 g/mol. The zero-order chi connectivity index (χ0) is 16.1. The number of nitrogens with one attached hydrogen (secondary N) is 1. The van der Waals surface area contributed by atoms with Gasteiger partial charge in [0, 0.05) is 25.2 Å². The van der Waals surface area contributed by atoms with Gasteiger partial charge in [-0.1, -0.05) is 12.1 Å². The highest BCUT2D eigenvalue weighted by Gasteiger charge is 2.29. The summed E-state index contributed by atoms with van der Waals surface area (Å²) in [5.74, 6) is 0.772. The van der Waals surface area contributed by atoms with Gasteiger partial charge in [0.2, 0.25) is 5.91 Å². The number of hydrogen-bond acceptors (Lipinski definition) is 3. The maximum absolute atomic E-state index is 12.5. The van der Waals surface area contributed by atoms with Crippen molar-refractivity contribution in [1.82, 2.24) is 10.2 Å². The van der Waals surface area contributed by atoms with E-state index in [4.69, 9.17) is 0 Å². The van der Waals surface area contributed by atoms with E-state index in [0.29, 0.717) is 25.3 Å². The average molecular weight is 332 g/mol. The lowest BCUT2D eigenvalue weighted by Gasteiger charge is -2.38. The zero-order valence-electron chi connectivity index (χ0n) is 13.4. The van der Waals surface area contributed by atoms with Gasteiger partial charge < -0.3 is 10.2 Å². The first-order chi connectivity index (χ1) is 11.3. The number of carbonyl (C=O) groups excluding carboxylic acids is 2. The summed E-state index contributed by atoms with van der Waals surface area (Å²) < 4.78 is 0. The van der Waals surface area contributed by atoms with Gasteiger partial charge in [-0.25, -0.2) is 0 Å². The van der Waals surface area contributed by atoms with E-state index in [1.807, 2.05) is 22.4 Å². The number of hydrogen-bond donors (Lipinski definition) is 1. The number of likely N-dealkylation sites (tertiary alicyclic amines) is 1. The number of fused-ring (bicyclic) bond motifs is 1. The smallest absolute Gasteiger partial charge is 0.261 e. The van der Waals surface area contributed by atoms with Crippen molar-refractivity contribution in [2.24, 2.45) is 5.92 Å². The van der Waals surface area contributed by atoms with Crippen LogP contribution in [0.3, 0.4) is 0 Å².